The number of hydrogen-bond donors (Lipinski definition) is 3. The predicted molar refractivity (Wildman–Crippen MR) is 377 cm³/mol. The van der Waals surface area contributed by atoms with Crippen molar-refractivity contribution in [3.05, 3.63) is 0 Å². The Morgan fingerprint density at radius 2 is 0.516 bits per heavy atom. The SMILES string of the molecule is CCCCCCCCCCCCCCCCCC(=O)OC[C@H](COP(=O)(O)OC[C@@H](O)COP(=O)(O)OC[C@@H](COC(=O)CCCCCCCCCC)OC(=O)CCCCCCCCCCCCCC)OC(=O)CCCCCCCCCCCCCCCCC(C)CC. The second-order valence-electron chi connectivity index (χ2n) is 26.9. The second-order valence-corrected chi connectivity index (χ2v) is 29.8. The topological polar surface area (TPSA) is 237 Å². The van der Waals surface area contributed by atoms with Crippen LogP contribution in [-0.4, -0.2) is 96.7 Å². The molecular weight excluding hydrogens is 1220 g/mol. The lowest BCUT2D eigenvalue weighted by Gasteiger charge is -2.21. The number of aliphatic hydroxyl groups is 1. The molecule has 0 heterocycles. The summed E-state index contributed by atoms with van der Waals surface area (Å²) in [5.41, 5.74) is 0. The summed E-state index contributed by atoms with van der Waals surface area (Å²) in [6.07, 6.45) is 55.4. The molecule has 0 aromatic heterocycles. The standard InChI is InChI=1S/C74H144O17P2/c1-6-10-13-16-19-22-24-26-27-31-35-38-43-48-53-58-72(77)85-64-70(91-74(79)60-55-50-45-40-36-32-29-28-30-33-37-41-46-51-56-67(5)9-4)66-89-93(82,83)87-62-68(75)61-86-92(80,81)88-65-69(63-84-71(76)57-52-47-42-21-18-15-12-8-3)90-73(78)59-54-49-44-39-34-25-23-20-17-14-11-7-2/h67-70,75H,6-66H2,1-5H3,(H,80,81)(H,82,83)/t67?,68-,69+,70+/m0/s1. The minimum absolute atomic E-state index is 0.107. The van der Waals surface area contributed by atoms with Gasteiger partial charge in [0, 0.05) is 25.7 Å². The van der Waals surface area contributed by atoms with Crippen LogP contribution in [0.15, 0.2) is 0 Å². The van der Waals surface area contributed by atoms with Gasteiger partial charge in [-0.1, -0.05) is 336 Å². The average molecular weight is 1370 g/mol. The molecule has 93 heavy (non-hydrogen) atoms. The quantitative estimate of drug-likeness (QED) is 0.0222. The largest absolute Gasteiger partial charge is 0.472 e. The molecule has 0 bridgehead atoms. The van der Waals surface area contributed by atoms with Crippen molar-refractivity contribution in [2.24, 2.45) is 5.92 Å². The fourth-order valence-corrected chi connectivity index (χ4v) is 12.9. The highest BCUT2D eigenvalue weighted by Crippen LogP contribution is 2.45. The molecule has 17 nitrogen and oxygen atoms in total. The second kappa shape index (κ2) is 67.3. The van der Waals surface area contributed by atoms with E-state index in [1.807, 2.05) is 0 Å². The molecule has 0 rings (SSSR count). The molecule has 0 saturated carbocycles. The summed E-state index contributed by atoms with van der Waals surface area (Å²) >= 11 is 0. The van der Waals surface area contributed by atoms with Gasteiger partial charge in [-0.2, -0.15) is 0 Å². The third-order valence-electron chi connectivity index (χ3n) is 17.6. The Hall–Kier alpha value is -1.94. The number of ether oxygens (including phenoxy) is 4. The molecule has 0 aliphatic rings. The molecule has 0 aliphatic carbocycles. The van der Waals surface area contributed by atoms with Crippen molar-refractivity contribution >= 4 is 39.5 Å². The lowest BCUT2D eigenvalue weighted by atomic mass is 9.99. The van der Waals surface area contributed by atoms with Crippen LogP contribution in [0, 0.1) is 5.92 Å². The highest BCUT2D eigenvalue weighted by molar-refractivity contribution is 7.47. The van der Waals surface area contributed by atoms with Crippen molar-refractivity contribution in [2.45, 2.75) is 406 Å². The van der Waals surface area contributed by atoms with Crippen LogP contribution < -0.4 is 0 Å². The molecule has 0 fully saturated rings. The summed E-state index contributed by atoms with van der Waals surface area (Å²) < 4.78 is 68.4. The first-order chi connectivity index (χ1) is 45.1. The number of phosphoric acid groups is 2. The van der Waals surface area contributed by atoms with E-state index < -0.39 is 97.5 Å². The van der Waals surface area contributed by atoms with E-state index >= 15 is 0 Å². The third kappa shape index (κ3) is 67.0. The van der Waals surface area contributed by atoms with E-state index in [1.165, 1.54) is 205 Å². The maximum atomic E-state index is 13.1. The Labute approximate surface area is 568 Å². The highest BCUT2D eigenvalue weighted by atomic mass is 31.2. The van der Waals surface area contributed by atoms with Crippen molar-refractivity contribution in [3.8, 4) is 0 Å². The lowest BCUT2D eigenvalue weighted by molar-refractivity contribution is -0.161. The van der Waals surface area contributed by atoms with Crippen molar-refractivity contribution < 1.29 is 80.2 Å². The molecule has 0 aromatic carbocycles. The number of carbonyl (C=O) groups is 4. The normalized spacial score (nSPS) is 14.3. The van der Waals surface area contributed by atoms with Crippen molar-refractivity contribution in [3.63, 3.8) is 0 Å². The minimum atomic E-state index is -4.95. The molecule has 6 atom stereocenters. The first kappa shape index (κ1) is 91.1. The molecule has 0 aromatic rings. The summed E-state index contributed by atoms with van der Waals surface area (Å²) in [4.78, 5) is 72.6. The van der Waals surface area contributed by atoms with Gasteiger partial charge in [0.1, 0.15) is 19.3 Å². The van der Waals surface area contributed by atoms with Crippen LogP contribution in [0.2, 0.25) is 0 Å². The predicted octanol–water partition coefficient (Wildman–Crippen LogP) is 21.7. The summed E-state index contributed by atoms with van der Waals surface area (Å²) in [5, 5.41) is 10.6. The maximum absolute atomic E-state index is 13.1. The molecule has 0 radical (unpaired) electrons. The molecule has 19 heteroatoms. The summed E-state index contributed by atoms with van der Waals surface area (Å²) in [5.74, 6) is -1.27. The van der Waals surface area contributed by atoms with Crippen molar-refractivity contribution in [1.82, 2.24) is 0 Å². The van der Waals surface area contributed by atoms with E-state index in [2.05, 4.69) is 34.6 Å². The van der Waals surface area contributed by atoms with Gasteiger partial charge in [0.15, 0.2) is 12.2 Å². The molecule has 0 amide bonds. The lowest BCUT2D eigenvalue weighted by Crippen LogP contribution is -2.30. The van der Waals surface area contributed by atoms with Crippen LogP contribution in [0.25, 0.3) is 0 Å². The molecule has 3 N–H and O–H groups in total. The first-order valence-corrected chi connectivity index (χ1v) is 41.7. The molecule has 0 saturated heterocycles. The van der Waals surface area contributed by atoms with E-state index in [0.29, 0.717) is 25.7 Å². The maximum Gasteiger partial charge on any atom is 0.472 e. The Morgan fingerprint density at radius 1 is 0.301 bits per heavy atom. The van der Waals surface area contributed by atoms with E-state index in [4.69, 9.17) is 37.0 Å². The van der Waals surface area contributed by atoms with E-state index in [9.17, 15) is 43.2 Å². The first-order valence-electron chi connectivity index (χ1n) is 38.7. The Morgan fingerprint density at radius 3 is 0.763 bits per heavy atom. The fraction of sp³-hybridized carbons (Fsp3) is 0.946. The van der Waals surface area contributed by atoms with Crippen LogP contribution in [0.3, 0.4) is 0 Å². The van der Waals surface area contributed by atoms with Gasteiger partial charge in [-0.15, -0.1) is 0 Å². The molecule has 0 spiro atoms. The zero-order valence-electron chi connectivity index (χ0n) is 60.4. The summed E-state index contributed by atoms with van der Waals surface area (Å²) in [6, 6.07) is 0. The van der Waals surface area contributed by atoms with Crippen LogP contribution in [0.1, 0.15) is 388 Å². The van der Waals surface area contributed by atoms with Crippen LogP contribution in [0.4, 0.5) is 0 Å². The van der Waals surface area contributed by atoms with Gasteiger partial charge in [0.2, 0.25) is 0 Å². The average Bonchev–Trinajstić information content (AvgIpc) is 3.31. The van der Waals surface area contributed by atoms with Crippen molar-refractivity contribution in [1.29, 1.82) is 0 Å². The number of hydrogen-bond acceptors (Lipinski definition) is 15. The Balaban J connectivity index is 5.21. The van der Waals surface area contributed by atoms with Gasteiger partial charge in [-0.25, -0.2) is 9.13 Å². The fourth-order valence-electron chi connectivity index (χ4n) is 11.3. The number of esters is 4. The van der Waals surface area contributed by atoms with Gasteiger partial charge in [0.05, 0.1) is 26.4 Å². The molecule has 0 aliphatic heterocycles. The van der Waals surface area contributed by atoms with E-state index in [-0.39, 0.29) is 25.7 Å². The summed E-state index contributed by atoms with van der Waals surface area (Å²) in [7, 11) is -9.90. The van der Waals surface area contributed by atoms with E-state index in [0.717, 1.165) is 102 Å². The number of rotatable bonds is 74. The van der Waals surface area contributed by atoms with Gasteiger partial charge >= 0.3 is 39.5 Å². The number of carbonyl (C=O) groups excluding carboxylic acids is 4. The van der Waals surface area contributed by atoms with Crippen LogP contribution >= 0.6 is 15.6 Å². The molecule has 552 valence electrons. The number of aliphatic hydroxyl groups excluding tert-OH is 1. The van der Waals surface area contributed by atoms with Gasteiger partial charge in [0.25, 0.3) is 0 Å². The van der Waals surface area contributed by atoms with Crippen LogP contribution in [-0.2, 0) is 65.4 Å². The zero-order chi connectivity index (χ0) is 68.4. The highest BCUT2D eigenvalue weighted by Gasteiger charge is 2.30. The van der Waals surface area contributed by atoms with Gasteiger partial charge in [-0.3, -0.25) is 37.3 Å². The number of unbranched alkanes of at least 4 members (excludes halogenated alkanes) is 45. The van der Waals surface area contributed by atoms with E-state index in [1.54, 1.807) is 0 Å². The van der Waals surface area contributed by atoms with Crippen LogP contribution in [0.5, 0.6) is 0 Å². The zero-order valence-corrected chi connectivity index (χ0v) is 62.2. The van der Waals surface area contributed by atoms with Gasteiger partial charge < -0.3 is 33.8 Å². The third-order valence-corrected chi connectivity index (χ3v) is 19.5. The smallest absolute Gasteiger partial charge is 0.462 e. The summed E-state index contributed by atoms with van der Waals surface area (Å²) in [6.45, 7) is 7.31. The monoisotopic (exact) mass is 1370 g/mol. The van der Waals surface area contributed by atoms with Gasteiger partial charge in [-0.05, 0) is 31.6 Å². The Bertz CT molecular complexity index is 1790. The molecule has 3 unspecified atom stereocenters. The van der Waals surface area contributed by atoms with Crippen molar-refractivity contribution in [2.75, 3.05) is 39.6 Å². The minimum Gasteiger partial charge on any atom is -0.462 e. The number of phosphoric ester groups is 2. The molecular formula is C74H144O17P2. The Kier molecular flexibility index (Phi) is 65.9.